The van der Waals surface area contributed by atoms with Crippen LogP contribution in [-0.4, -0.2) is 5.78 Å². The summed E-state index contributed by atoms with van der Waals surface area (Å²) in [6, 6.07) is 8.78. The highest BCUT2D eigenvalue weighted by atomic mass is 16.1. The second kappa shape index (κ2) is 5.08. The van der Waals surface area contributed by atoms with Crippen LogP contribution in [0.2, 0.25) is 0 Å². The van der Waals surface area contributed by atoms with E-state index in [0.29, 0.717) is 5.78 Å². The molecule has 0 radical (unpaired) electrons. The molecule has 0 spiro atoms. The summed E-state index contributed by atoms with van der Waals surface area (Å²) in [7, 11) is 0. The van der Waals surface area contributed by atoms with Crippen LogP contribution in [-0.2, 0) is 4.79 Å². The first-order chi connectivity index (χ1) is 10.3. The van der Waals surface area contributed by atoms with Gasteiger partial charge in [-0.25, -0.2) is 0 Å². The zero-order chi connectivity index (χ0) is 16.2. The lowest BCUT2D eigenvalue weighted by molar-refractivity contribution is -0.110. The van der Waals surface area contributed by atoms with E-state index in [2.05, 4.69) is 65.8 Å². The Kier molecular flexibility index (Phi) is 3.47. The normalized spacial score (nSPS) is 20.4. The molecule has 2 aromatic carbocycles. The van der Waals surface area contributed by atoms with E-state index in [1.165, 1.54) is 44.5 Å². The zero-order valence-electron chi connectivity index (χ0n) is 14.4. The minimum atomic E-state index is 0.0562. The van der Waals surface area contributed by atoms with Crippen molar-refractivity contribution in [2.75, 3.05) is 0 Å². The van der Waals surface area contributed by atoms with Gasteiger partial charge in [-0.3, -0.25) is 4.79 Å². The third-order valence-electron chi connectivity index (χ3n) is 4.94. The van der Waals surface area contributed by atoms with Gasteiger partial charge in [0.15, 0.2) is 0 Å². The van der Waals surface area contributed by atoms with Gasteiger partial charge in [0.25, 0.3) is 0 Å². The molecule has 2 atom stereocenters. The lowest BCUT2D eigenvalue weighted by Crippen LogP contribution is -1.97. The Morgan fingerprint density at radius 3 is 1.14 bits per heavy atom. The van der Waals surface area contributed by atoms with Gasteiger partial charge in [-0.1, -0.05) is 35.4 Å². The van der Waals surface area contributed by atoms with E-state index < -0.39 is 0 Å². The molecule has 1 aliphatic carbocycles. The van der Waals surface area contributed by atoms with Gasteiger partial charge in [0.1, 0.15) is 5.78 Å². The third kappa shape index (κ3) is 2.29. The number of aryl methyl sites for hydroxylation is 6. The van der Waals surface area contributed by atoms with E-state index in [9.17, 15) is 4.79 Å². The molecule has 0 N–H and O–H groups in total. The van der Waals surface area contributed by atoms with E-state index in [1.807, 2.05) is 0 Å². The monoisotopic (exact) mass is 292 g/mol. The first kappa shape index (κ1) is 15.0. The van der Waals surface area contributed by atoms with Gasteiger partial charge in [-0.15, -0.1) is 0 Å². The van der Waals surface area contributed by atoms with E-state index in [-0.39, 0.29) is 11.8 Å². The predicted molar refractivity (Wildman–Crippen MR) is 91.8 cm³/mol. The highest BCUT2D eigenvalue weighted by Crippen LogP contribution is 2.54. The molecule has 1 aliphatic rings. The highest BCUT2D eigenvalue weighted by molar-refractivity contribution is 6.10. The van der Waals surface area contributed by atoms with Crippen LogP contribution in [0.3, 0.4) is 0 Å². The first-order valence-electron chi connectivity index (χ1n) is 8.00. The smallest absolute Gasteiger partial charge is 0.149 e. The second-order valence-corrected chi connectivity index (χ2v) is 6.98. The maximum absolute atomic E-state index is 12.6. The Morgan fingerprint density at radius 2 is 0.864 bits per heavy atom. The lowest BCUT2D eigenvalue weighted by atomic mass is 9.91. The fourth-order valence-corrected chi connectivity index (χ4v) is 4.22. The van der Waals surface area contributed by atoms with Crippen molar-refractivity contribution < 1.29 is 4.79 Å². The average Bonchev–Trinajstić information content (AvgIpc) is 2.98. The number of hydrogen-bond acceptors (Lipinski definition) is 1. The van der Waals surface area contributed by atoms with Crippen molar-refractivity contribution in [3.8, 4) is 0 Å². The number of Topliss-reactive ketones (excluding diaryl/α,β-unsaturated/α-hetero) is 1. The van der Waals surface area contributed by atoms with Crippen LogP contribution in [0, 0.1) is 41.5 Å². The molecule has 0 heterocycles. The number of hydrogen-bond donors (Lipinski definition) is 0. The number of carbonyl (C=O) groups excluding carboxylic acids is 1. The summed E-state index contributed by atoms with van der Waals surface area (Å²) in [5, 5.41) is 0. The fourth-order valence-electron chi connectivity index (χ4n) is 4.22. The molecule has 1 nitrogen and oxygen atoms in total. The SMILES string of the molecule is Cc1cc(C)c(C2C(=O)C2c2c(C)cc(C)cc2C)c(C)c1. The summed E-state index contributed by atoms with van der Waals surface area (Å²) in [5.41, 5.74) is 10.0. The highest BCUT2D eigenvalue weighted by Gasteiger charge is 2.53. The molecule has 114 valence electrons. The van der Waals surface area contributed by atoms with Crippen molar-refractivity contribution in [2.45, 2.75) is 53.4 Å². The maximum atomic E-state index is 12.6. The molecule has 22 heavy (non-hydrogen) atoms. The fraction of sp³-hybridized carbons (Fsp3) is 0.381. The molecular weight excluding hydrogens is 268 g/mol. The van der Waals surface area contributed by atoms with E-state index in [1.54, 1.807) is 0 Å². The van der Waals surface area contributed by atoms with Gasteiger partial charge in [-0.2, -0.15) is 0 Å². The van der Waals surface area contributed by atoms with Crippen LogP contribution in [0.15, 0.2) is 24.3 Å². The van der Waals surface area contributed by atoms with Gasteiger partial charge in [0.2, 0.25) is 0 Å². The molecule has 0 aliphatic heterocycles. The van der Waals surface area contributed by atoms with Crippen molar-refractivity contribution >= 4 is 5.78 Å². The maximum Gasteiger partial charge on any atom is 0.149 e. The number of carbonyl (C=O) groups is 1. The van der Waals surface area contributed by atoms with Crippen molar-refractivity contribution in [1.82, 2.24) is 0 Å². The molecule has 1 saturated carbocycles. The largest absolute Gasteiger partial charge is 0.298 e. The van der Waals surface area contributed by atoms with E-state index in [4.69, 9.17) is 0 Å². The Hall–Kier alpha value is -1.89. The summed E-state index contributed by atoms with van der Waals surface area (Å²) in [5.74, 6) is 0.492. The molecular formula is C21H24O. The quantitative estimate of drug-likeness (QED) is 0.762. The number of rotatable bonds is 2. The van der Waals surface area contributed by atoms with Crippen molar-refractivity contribution in [1.29, 1.82) is 0 Å². The van der Waals surface area contributed by atoms with Crippen LogP contribution in [0.4, 0.5) is 0 Å². The molecule has 1 fully saturated rings. The average molecular weight is 292 g/mol. The van der Waals surface area contributed by atoms with Crippen molar-refractivity contribution in [3.05, 3.63) is 68.8 Å². The zero-order valence-corrected chi connectivity index (χ0v) is 14.4. The van der Waals surface area contributed by atoms with E-state index in [0.717, 1.165) is 0 Å². The first-order valence-corrected chi connectivity index (χ1v) is 8.00. The van der Waals surface area contributed by atoms with Gasteiger partial charge in [0.05, 0.1) is 11.8 Å². The molecule has 3 rings (SSSR count). The Balaban J connectivity index is 2.07. The second-order valence-electron chi connectivity index (χ2n) is 6.98. The Morgan fingerprint density at radius 1 is 0.591 bits per heavy atom. The van der Waals surface area contributed by atoms with Crippen LogP contribution in [0.5, 0.6) is 0 Å². The van der Waals surface area contributed by atoms with Crippen LogP contribution < -0.4 is 0 Å². The summed E-state index contributed by atoms with van der Waals surface area (Å²) < 4.78 is 0. The minimum absolute atomic E-state index is 0.0562. The van der Waals surface area contributed by atoms with Gasteiger partial charge >= 0.3 is 0 Å². The van der Waals surface area contributed by atoms with Crippen molar-refractivity contribution in [3.63, 3.8) is 0 Å². The Labute approximate surface area is 133 Å². The van der Waals surface area contributed by atoms with Crippen LogP contribution >= 0.6 is 0 Å². The Bertz CT molecular complexity index is 671. The minimum Gasteiger partial charge on any atom is -0.298 e. The molecule has 0 saturated heterocycles. The topological polar surface area (TPSA) is 17.1 Å². The summed E-state index contributed by atoms with van der Waals surface area (Å²) >= 11 is 0. The number of ketones is 1. The molecule has 0 bridgehead atoms. The van der Waals surface area contributed by atoms with Gasteiger partial charge < -0.3 is 0 Å². The molecule has 0 amide bonds. The van der Waals surface area contributed by atoms with Crippen LogP contribution in [0.1, 0.15) is 56.3 Å². The molecule has 2 aromatic rings. The molecule has 1 heteroatoms. The molecule has 0 aromatic heterocycles. The van der Waals surface area contributed by atoms with Crippen LogP contribution in [0.25, 0.3) is 0 Å². The van der Waals surface area contributed by atoms with E-state index >= 15 is 0 Å². The predicted octanol–water partition coefficient (Wildman–Crippen LogP) is 4.99. The standard InChI is InChI=1S/C21H24O/c1-11-7-13(3)17(14(4)8-11)19-20(21(19)22)18-15(5)9-12(2)10-16(18)6/h7-10,19-20H,1-6H3. The third-order valence-corrected chi connectivity index (χ3v) is 4.94. The molecule has 2 unspecified atom stereocenters. The summed E-state index contributed by atoms with van der Waals surface area (Å²) in [4.78, 5) is 12.6. The number of benzene rings is 2. The summed E-state index contributed by atoms with van der Waals surface area (Å²) in [6.07, 6.45) is 0. The van der Waals surface area contributed by atoms with Gasteiger partial charge in [0, 0.05) is 0 Å². The lowest BCUT2D eigenvalue weighted by Gasteiger charge is -2.13. The summed E-state index contributed by atoms with van der Waals surface area (Å²) in [6.45, 7) is 12.8. The van der Waals surface area contributed by atoms with Gasteiger partial charge in [-0.05, 0) is 74.9 Å². The van der Waals surface area contributed by atoms with Crippen molar-refractivity contribution in [2.24, 2.45) is 0 Å².